The predicted molar refractivity (Wildman–Crippen MR) is 43.7 cm³/mol. The Balaban J connectivity index is 3.71. The maximum Gasteiger partial charge on any atom is 0.0437 e. The number of nitrogens with zero attached hydrogens (tertiary/aromatic N) is 1. The monoisotopic (exact) mass is 143 g/mol. The molecule has 0 aromatic heterocycles. The van der Waals surface area contributed by atoms with Gasteiger partial charge < -0.3 is 10.0 Å². The van der Waals surface area contributed by atoms with E-state index in [4.69, 9.17) is 5.11 Å². The van der Waals surface area contributed by atoms with Crippen molar-refractivity contribution in [1.82, 2.24) is 4.90 Å². The van der Waals surface area contributed by atoms with Crippen LogP contribution in [0, 0.1) is 5.92 Å². The summed E-state index contributed by atoms with van der Waals surface area (Å²) >= 11 is 0. The summed E-state index contributed by atoms with van der Waals surface area (Å²) in [6.07, 6.45) is 0.803. The van der Waals surface area contributed by atoms with E-state index in [1.54, 1.807) is 0 Å². The Labute approximate surface area is 63.2 Å². The minimum Gasteiger partial charge on any atom is -0.396 e. The minimum absolute atomic E-state index is 0.244. The quantitative estimate of drug-likeness (QED) is 0.636. The van der Waals surface area contributed by atoms with Crippen molar-refractivity contribution in [1.29, 1.82) is 0 Å². The van der Waals surface area contributed by atoms with Crippen LogP contribution in [0.2, 0.25) is 0 Å². The average molecular weight is 143 g/mol. The maximum atomic E-state index is 8.61. The molecule has 0 aliphatic carbocycles. The Morgan fingerprint density at radius 1 is 1.60 bits per heavy atom. The molecule has 0 radical (unpaired) electrons. The van der Waals surface area contributed by atoms with E-state index < -0.39 is 0 Å². The van der Waals surface area contributed by atoms with Crippen molar-refractivity contribution in [2.24, 2.45) is 5.92 Å². The topological polar surface area (TPSA) is 23.5 Å². The van der Waals surface area contributed by atoms with Crippen molar-refractivity contribution in [2.45, 2.75) is 13.3 Å². The molecule has 60 valence electrons. The molecule has 0 saturated carbocycles. The summed E-state index contributed by atoms with van der Waals surface area (Å²) < 4.78 is 0. The molecule has 0 spiro atoms. The maximum absolute atomic E-state index is 8.61. The lowest BCUT2D eigenvalue weighted by molar-refractivity contribution is 0.261. The van der Waals surface area contributed by atoms with E-state index >= 15 is 0 Å². The number of allylic oxidation sites excluding steroid dienone is 1. The molecule has 0 aliphatic heterocycles. The van der Waals surface area contributed by atoms with E-state index in [2.05, 4.69) is 13.5 Å². The van der Waals surface area contributed by atoms with Gasteiger partial charge in [-0.15, -0.1) is 0 Å². The summed E-state index contributed by atoms with van der Waals surface area (Å²) in [5.74, 6) is 0.389. The van der Waals surface area contributed by atoms with Crippen molar-refractivity contribution in [2.75, 3.05) is 20.7 Å². The fraction of sp³-hybridized carbons (Fsp3) is 0.750. The van der Waals surface area contributed by atoms with Crippen molar-refractivity contribution >= 4 is 0 Å². The molecule has 1 atom stereocenters. The van der Waals surface area contributed by atoms with E-state index in [0.717, 1.165) is 12.1 Å². The van der Waals surface area contributed by atoms with Crippen LogP contribution in [0.1, 0.15) is 13.3 Å². The molecule has 0 rings (SSSR count). The molecular weight excluding hydrogens is 126 g/mol. The zero-order chi connectivity index (χ0) is 8.15. The molecule has 0 bridgehead atoms. The Kier molecular flexibility index (Phi) is 4.12. The second kappa shape index (κ2) is 4.34. The van der Waals surface area contributed by atoms with Crippen LogP contribution in [0.25, 0.3) is 0 Å². The summed E-state index contributed by atoms with van der Waals surface area (Å²) in [5, 5.41) is 8.61. The first kappa shape index (κ1) is 9.50. The highest BCUT2D eigenvalue weighted by molar-refractivity contribution is 4.95. The van der Waals surface area contributed by atoms with Crippen LogP contribution in [-0.4, -0.2) is 30.7 Å². The fourth-order valence-electron chi connectivity index (χ4n) is 0.801. The zero-order valence-electron chi connectivity index (χ0n) is 7.09. The number of hydrogen-bond donors (Lipinski definition) is 1. The Morgan fingerprint density at radius 3 is 2.40 bits per heavy atom. The van der Waals surface area contributed by atoms with Gasteiger partial charge in [0.05, 0.1) is 0 Å². The molecule has 2 heteroatoms. The highest BCUT2D eigenvalue weighted by Gasteiger charge is 2.06. The van der Waals surface area contributed by atoms with Gasteiger partial charge in [-0.05, 0) is 12.3 Å². The Bertz CT molecular complexity index is 110. The molecular formula is C8H17NO. The third kappa shape index (κ3) is 2.87. The van der Waals surface area contributed by atoms with E-state index in [1.165, 1.54) is 0 Å². The van der Waals surface area contributed by atoms with Gasteiger partial charge in [-0.1, -0.05) is 13.5 Å². The zero-order valence-corrected chi connectivity index (χ0v) is 7.09. The Morgan fingerprint density at radius 2 is 2.10 bits per heavy atom. The van der Waals surface area contributed by atoms with Crippen molar-refractivity contribution in [3.8, 4) is 0 Å². The highest BCUT2D eigenvalue weighted by atomic mass is 16.3. The lowest BCUT2D eigenvalue weighted by atomic mass is 10.1. The van der Waals surface area contributed by atoms with Crippen molar-refractivity contribution < 1.29 is 5.11 Å². The van der Waals surface area contributed by atoms with Gasteiger partial charge in [0.1, 0.15) is 0 Å². The first-order chi connectivity index (χ1) is 4.59. The Hall–Kier alpha value is -0.500. The molecule has 1 N–H and O–H groups in total. The van der Waals surface area contributed by atoms with Crippen LogP contribution in [-0.2, 0) is 0 Å². The number of rotatable bonds is 4. The van der Waals surface area contributed by atoms with Gasteiger partial charge in [0.25, 0.3) is 0 Å². The molecule has 1 unspecified atom stereocenters. The molecule has 0 fully saturated rings. The summed E-state index contributed by atoms with van der Waals surface area (Å²) in [6.45, 7) is 6.20. The summed E-state index contributed by atoms with van der Waals surface area (Å²) in [5.41, 5.74) is 1.08. The van der Waals surface area contributed by atoms with Crippen LogP contribution in [0.3, 0.4) is 0 Å². The van der Waals surface area contributed by atoms with Gasteiger partial charge in [0, 0.05) is 26.4 Å². The molecule has 2 nitrogen and oxygen atoms in total. The average Bonchev–Trinajstić information content (AvgIpc) is 1.87. The lowest BCUT2D eigenvalue weighted by Crippen LogP contribution is -2.16. The fourth-order valence-corrected chi connectivity index (χ4v) is 0.801. The molecule has 0 saturated heterocycles. The molecule has 10 heavy (non-hydrogen) atoms. The van der Waals surface area contributed by atoms with Gasteiger partial charge in [0.15, 0.2) is 0 Å². The van der Waals surface area contributed by atoms with Gasteiger partial charge in [-0.25, -0.2) is 0 Å². The van der Waals surface area contributed by atoms with Crippen LogP contribution >= 0.6 is 0 Å². The number of aliphatic hydroxyl groups is 1. The van der Waals surface area contributed by atoms with Crippen LogP contribution in [0.5, 0.6) is 0 Å². The smallest absolute Gasteiger partial charge is 0.0437 e. The van der Waals surface area contributed by atoms with Crippen LogP contribution < -0.4 is 0 Å². The minimum atomic E-state index is 0.244. The molecule has 0 amide bonds. The molecule has 0 aromatic rings. The second-order valence-corrected chi connectivity index (χ2v) is 2.80. The van der Waals surface area contributed by atoms with Crippen molar-refractivity contribution in [3.63, 3.8) is 0 Å². The molecule has 0 aromatic carbocycles. The standard InChI is InChI=1S/C8H17NO/c1-7(5-6-10)8(2)9(3)4/h7,10H,2,5-6H2,1,3-4H3. The molecule has 0 aliphatic rings. The summed E-state index contributed by atoms with van der Waals surface area (Å²) in [7, 11) is 3.94. The normalized spacial score (nSPS) is 12.8. The van der Waals surface area contributed by atoms with E-state index in [-0.39, 0.29) is 6.61 Å². The first-order valence-electron chi connectivity index (χ1n) is 3.56. The number of aliphatic hydroxyl groups excluding tert-OH is 1. The summed E-state index contributed by atoms with van der Waals surface area (Å²) in [4.78, 5) is 1.99. The largest absolute Gasteiger partial charge is 0.396 e. The van der Waals surface area contributed by atoms with Gasteiger partial charge in [0.2, 0.25) is 0 Å². The molecule has 0 heterocycles. The third-order valence-corrected chi connectivity index (χ3v) is 1.71. The van der Waals surface area contributed by atoms with E-state index in [1.807, 2.05) is 19.0 Å². The number of hydrogen-bond acceptors (Lipinski definition) is 2. The van der Waals surface area contributed by atoms with Gasteiger partial charge in [-0.3, -0.25) is 0 Å². The highest BCUT2D eigenvalue weighted by Crippen LogP contribution is 2.13. The van der Waals surface area contributed by atoms with E-state index in [0.29, 0.717) is 5.92 Å². The van der Waals surface area contributed by atoms with Gasteiger partial charge in [-0.2, -0.15) is 0 Å². The predicted octanol–water partition coefficient (Wildman–Crippen LogP) is 1.08. The second-order valence-electron chi connectivity index (χ2n) is 2.80. The summed E-state index contributed by atoms with van der Waals surface area (Å²) in [6, 6.07) is 0. The first-order valence-corrected chi connectivity index (χ1v) is 3.56. The van der Waals surface area contributed by atoms with Crippen LogP contribution in [0.4, 0.5) is 0 Å². The lowest BCUT2D eigenvalue weighted by Gasteiger charge is -2.21. The van der Waals surface area contributed by atoms with Gasteiger partial charge >= 0.3 is 0 Å². The van der Waals surface area contributed by atoms with Crippen LogP contribution in [0.15, 0.2) is 12.3 Å². The SMILES string of the molecule is C=C(C(C)CCO)N(C)C. The third-order valence-electron chi connectivity index (χ3n) is 1.71. The van der Waals surface area contributed by atoms with E-state index in [9.17, 15) is 0 Å². The van der Waals surface area contributed by atoms with Crippen molar-refractivity contribution in [3.05, 3.63) is 12.3 Å².